The van der Waals surface area contributed by atoms with Crippen molar-refractivity contribution in [2.75, 3.05) is 13.1 Å². The zero-order valence-corrected chi connectivity index (χ0v) is 19.6. The van der Waals surface area contributed by atoms with Crippen LogP contribution in [0.1, 0.15) is 34.3 Å². The van der Waals surface area contributed by atoms with Gasteiger partial charge in [0, 0.05) is 42.9 Å². The van der Waals surface area contributed by atoms with Crippen LogP contribution in [0.5, 0.6) is 5.75 Å². The second-order valence-electron chi connectivity index (χ2n) is 8.24. The van der Waals surface area contributed by atoms with Gasteiger partial charge >= 0.3 is 6.18 Å². The Morgan fingerprint density at radius 3 is 2.32 bits per heavy atom. The third-order valence-corrected chi connectivity index (χ3v) is 6.80. The van der Waals surface area contributed by atoms with E-state index in [1.807, 2.05) is 13.0 Å². The van der Waals surface area contributed by atoms with Gasteiger partial charge in [0.2, 0.25) is 0 Å². The molecule has 2 heterocycles. The molecule has 2 aromatic carbocycles. The van der Waals surface area contributed by atoms with Crippen LogP contribution < -0.4 is 4.74 Å². The van der Waals surface area contributed by atoms with Crippen LogP contribution >= 0.6 is 23.2 Å². The molecule has 4 rings (SSSR count). The van der Waals surface area contributed by atoms with E-state index in [9.17, 15) is 18.0 Å². The highest BCUT2D eigenvalue weighted by atomic mass is 35.5. The first-order chi connectivity index (χ1) is 16.1. The van der Waals surface area contributed by atoms with Gasteiger partial charge in [-0.25, -0.2) is 0 Å². The van der Waals surface area contributed by atoms with Crippen molar-refractivity contribution in [1.29, 1.82) is 0 Å². The molecule has 0 radical (unpaired) electrons. The number of pyridine rings is 1. The van der Waals surface area contributed by atoms with Crippen LogP contribution in [0, 0.1) is 5.92 Å². The quantitative estimate of drug-likeness (QED) is 0.383. The lowest BCUT2D eigenvalue weighted by Crippen LogP contribution is -2.32. The molecule has 1 aromatic heterocycles. The molecular weight excluding hydrogens is 488 g/mol. The summed E-state index contributed by atoms with van der Waals surface area (Å²) in [7, 11) is 0. The van der Waals surface area contributed by atoms with Crippen molar-refractivity contribution in [3.63, 3.8) is 0 Å². The van der Waals surface area contributed by atoms with Crippen molar-refractivity contribution in [2.24, 2.45) is 5.92 Å². The van der Waals surface area contributed by atoms with E-state index in [4.69, 9.17) is 27.9 Å². The summed E-state index contributed by atoms with van der Waals surface area (Å²) in [6.07, 6.45) is -1.68. The minimum absolute atomic E-state index is 0.106. The molecule has 0 spiro atoms. The summed E-state index contributed by atoms with van der Waals surface area (Å²) in [5, 5.41) is 0.840. The van der Waals surface area contributed by atoms with Gasteiger partial charge in [0.05, 0.1) is 15.6 Å². The number of hydrogen-bond donors (Lipinski definition) is 0. The van der Waals surface area contributed by atoms with Crippen LogP contribution in [0.3, 0.4) is 0 Å². The van der Waals surface area contributed by atoms with E-state index in [0.717, 1.165) is 17.7 Å². The Bertz CT molecular complexity index is 1160. The number of aromatic nitrogens is 1. The van der Waals surface area contributed by atoms with Gasteiger partial charge in [0.25, 0.3) is 5.91 Å². The molecule has 1 fully saturated rings. The van der Waals surface area contributed by atoms with Gasteiger partial charge in [-0.2, -0.15) is 13.2 Å². The molecule has 4 nitrogen and oxygen atoms in total. The van der Waals surface area contributed by atoms with Gasteiger partial charge in [-0.3, -0.25) is 9.78 Å². The fourth-order valence-corrected chi connectivity index (χ4v) is 4.57. The summed E-state index contributed by atoms with van der Waals surface area (Å²) >= 11 is 12.3. The maximum absolute atomic E-state index is 13.1. The standard InChI is InChI=1S/C25H21Cl2F3N2O2/c1-15(34-19-5-3-18(4-6-19)25(28,29)30)20-13-32(24(33)16-8-10-31-11-9-16)14-21(20)17-2-7-22(26)23(27)12-17/h2-12,15,20-21H,13-14H2,1H3/t15-,20+,21+/m1/s1. The van der Waals surface area contributed by atoms with Gasteiger partial charge in [0.15, 0.2) is 0 Å². The molecule has 0 aliphatic carbocycles. The largest absolute Gasteiger partial charge is 0.490 e. The molecule has 34 heavy (non-hydrogen) atoms. The average Bonchev–Trinajstić information content (AvgIpc) is 3.26. The van der Waals surface area contributed by atoms with Crippen LogP contribution in [0.25, 0.3) is 0 Å². The van der Waals surface area contributed by atoms with Gasteiger partial charge in [-0.05, 0) is 61.0 Å². The lowest BCUT2D eigenvalue weighted by atomic mass is 9.85. The molecule has 3 aromatic rings. The molecule has 9 heteroatoms. The number of ether oxygens (including phenoxy) is 1. The Kier molecular flexibility index (Phi) is 7.05. The lowest BCUT2D eigenvalue weighted by molar-refractivity contribution is -0.137. The zero-order chi connectivity index (χ0) is 24.5. The normalized spacial score (nSPS) is 19.2. The monoisotopic (exact) mass is 508 g/mol. The van der Waals surface area contributed by atoms with E-state index in [-0.39, 0.29) is 17.7 Å². The summed E-state index contributed by atoms with van der Waals surface area (Å²) in [4.78, 5) is 18.8. The van der Waals surface area contributed by atoms with Crippen molar-refractivity contribution in [2.45, 2.75) is 25.1 Å². The minimum Gasteiger partial charge on any atom is -0.490 e. The van der Waals surface area contributed by atoms with Gasteiger partial charge < -0.3 is 9.64 Å². The van der Waals surface area contributed by atoms with Crippen molar-refractivity contribution in [3.8, 4) is 5.75 Å². The fraction of sp³-hybridized carbons (Fsp3) is 0.280. The van der Waals surface area contributed by atoms with E-state index >= 15 is 0 Å². The predicted octanol–water partition coefficient (Wildman–Crippen LogP) is 6.73. The summed E-state index contributed by atoms with van der Waals surface area (Å²) in [5.74, 6) is -0.0423. The average molecular weight is 509 g/mol. The number of nitrogens with zero attached hydrogens (tertiary/aromatic N) is 2. The van der Waals surface area contributed by atoms with Crippen molar-refractivity contribution >= 4 is 29.1 Å². The molecule has 1 saturated heterocycles. The number of amides is 1. The Labute approximate surface area is 205 Å². The van der Waals surface area contributed by atoms with Crippen molar-refractivity contribution < 1.29 is 22.7 Å². The maximum Gasteiger partial charge on any atom is 0.416 e. The first-order valence-corrected chi connectivity index (χ1v) is 11.4. The number of hydrogen-bond acceptors (Lipinski definition) is 3. The summed E-state index contributed by atoms with van der Waals surface area (Å²) in [6, 6.07) is 13.3. The Morgan fingerprint density at radius 2 is 1.71 bits per heavy atom. The molecule has 1 aliphatic heterocycles. The number of benzene rings is 2. The van der Waals surface area contributed by atoms with Crippen LogP contribution in [0.2, 0.25) is 10.0 Å². The van der Waals surface area contributed by atoms with E-state index in [0.29, 0.717) is 34.4 Å². The van der Waals surface area contributed by atoms with Crippen molar-refractivity contribution in [3.05, 3.63) is 93.7 Å². The van der Waals surface area contributed by atoms with Gasteiger partial charge in [-0.1, -0.05) is 29.3 Å². The van der Waals surface area contributed by atoms with Crippen LogP contribution in [-0.2, 0) is 6.18 Å². The summed E-state index contributed by atoms with van der Waals surface area (Å²) in [6.45, 7) is 2.70. The summed E-state index contributed by atoms with van der Waals surface area (Å²) < 4.78 is 44.7. The van der Waals surface area contributed by atoms with Crippen molar-refractivity contribution in [1.82, 2.24) is 9.88 Å². The van der Waals surface area contributed by atoms with E-state index in [2.05, 4.69) is 4.98 Å². The molecule has 178 valence electrons. The summed E-state index contributed by atoms with van der Waals surface area (Å²) in [5.41, 5.74) is 0.698. The Morgan fingerprint density at radius 1 is 1.03 bits per heavy atom. The maximum atomic E-state index is 13.1. The topological polar surface area (TPSA) is 42.4 Å². The first-order valence-electron chi connectivity index (χ1n) is 10.6. The number of rotatable bonds is 5. The SMILES string of the molecule is C[C@@H](Oc1ccc(C(F)(F)F)cc1)[C@@H]1CN(C(=O)c2ccncc2)C[C@H]1c1ccc(Cl)c(Cl)c1. The second kappa shape index (κ2) is 9.84. The smallest absolute Gasteiger partial charge is 0.416 e. The van der Waals surface area contributed by atoms with Crippen LogP contribution in [0.15, 0.2) is 67.0 Å². The Hall–Kier alpha value is -2.77. The van der Waals surface area contributed by atoms with E-state index in [1.165, 1.54) is 12.1 Å². The van der Waals surface area contributed by atoms with Crippen LogP contribution in [-0.4, -0.2) is 35.0 Å². The highest BCUT2D eigenvalue weighted by Crippen LogP contribution is 2.39. The minimum atomic E-state index is -4.41. The first kappa shape index (κ1) is 24.4. The number of halogens is 5. The lowest BCUT2D eigenvalue weighted by Gasteiger charge is -2.26. The number of likely N-dealkylation sites (tertiary alicyclic amines) is 1. The predicted molar refractivity (Wildman–Crippen MR) is 124 cm³/mol. The van der Waals surface area contributed by atoms with Gasteiger partial charge in [-0.15, -0.1) is 0 Å². The fourth-order valence-electron chi connectivity index (χ4n) is 4.27. The molecule has 0 bridgehead atoms. The second-order valence-corrected chi connectivity index (χ2v) is 9.05. The third kappa shape index (κ3) is 5.31. The molecule has 1 aliphatic rings. The molecule has 0 unspecified atom stereocenters. The number of alkyl halides is 3. The number of carbonyl (C=O) groups is 1. The molecular formula is C25H21Cl2F3N2O2. The third-order valence-electron chi connectivity index (χ3n) is 6.06. The van der Waals surface area contributed by atoms with E-state index in [1.54, 1.807) is 41.6 Å². The molecule has 0 N–H and O–H groups in total. The molecule has 0 saturated carbocycles. The van der Waals surface area contributed by atoms with Gasteiger partial charge in [0.1, 0.15) is 11.9 Å². The molecule has 3 atom stereocenters. The van der Waals surface area contributed by atoms with E-state index < -0.39 is 17.8 Å². The zero-order valence-electron chi connectivity index (χ0n) is 18.1. The number of carbonyl (C=O) groups excluding carboxylic acids is 1. The Balaban J connectivity index is 1.58. The highest BCUT2D eigenvalue weighted by molar-refractivity contribution is 6.42. The molecule has 1 amide bonds. The van der Waals surface area contributed by atoms with Crippen LogP contribution in [0.4, 0.5) is 13.2 Å². The highest BCUT2D eigenvalue weighted by Gasteiger charge is 2.40.